The van der Waals surface area contributed by atoms with Crippen molar-refractivity contribution in [2.45, 2.75) is 45.4 Å². The van der Waals surface area contributed by atoms with Gasteiger partial charge in [-0.1, -0.05) is 30.3 Å². The SMILES string of the molecule is CCOc1cccc(CCCCc2ccccc2OCC2CCCN(C)C2)c1. The molecule has 152 valence electrons. The first-order chi connectivity index (χ1) is 13.7. The molecule has 1 saturated heterocycles. The number of piperidine rings is 1. The normalized spacial score (nSPS) is 17.4. The summed E-state index contributed by atoms with van der Waals surface area (Å²) in [6, 6.07) is 17.1. The van der Waals surface area contributed by atoms with Crippen LogP contribution in [0.4, 0.5) is 0 Å². The minimum atomic E-state index is 0.657. The van der Waals surface area contributed by atoms with Gasteiger partial charge in [0, 0.05) is 12.5 Å². The molecule has 0 aliphatic carbocycles. The Morgan fingerprint density at radius 2 is 1.86 bits per heavy atom. The first kappa shape index (κ1) is 20.7. The summed E-state index contributed by atoms with van der Waals surface area (Å²) in [6.07, 6.45) is 7.09. The number of aryl methyl sites for hydroxylation is 2. The highest BCUT2D eigenvalue weighted by atomic mass is 16.5. The van der Waals surface area contributed by atoms with Crippen molar-refractivity contribution in [2.75, 3.05) is 33.4 Å². The highest BCUT2D eigenvalue weighted by molar-refractivity contribution is 5.33. The van der Waals surface area contributed by atoms with Crippen molar-refractivity contribution in [2.24, 2.45) is 5.92 Å². The van der Waals surface area contributed by atoms with E-state index in [1.807, 2.05) is 13.0 Å². The van der Waals surface area contributed by atoms with Gasteiger partial charge in [-0.15, -0.1) is 0 Å². The summed E-state index contributed by atoms with van der Waals surface area (Å²) in [5, 5.41) is 0. The number of nitrogens with zero attached hydrogens (tertiary/aromatic N) is 1. The van der Waals surface area contributed by atoms with Crippen LogP contribution in [0, 0.1) is 5.92 Å². The van der Waals surface area contributed by atoms with E-state index >= 15 is 0 Å². The molecular weight excluding hydrogens is 346 g/mol. The van der Waals surface area contributed by atoms with Crippen molar-refractivity contribution in [3.05, 3.63) is 59.7 Å². The van der Waals surface area contributed by atoms with E-state index in [1.165, 1.54) is 43.4 Å². The molecule has 3 heteroatoms. The Balaban J connectivity index is 1.45. The number of hydrogen-bond acceptors (Lipinski definition) is 3. The summed E-state index contributed by atoms with van der Waals surface area (Å²) in [5.41, 5.74) is 2.70. The highest BCUT2D eigenvalue weighted by Gasteiger charge is 2.18. The third-order valence-electron chi connectivity index (χ3n) is 5.54. The zero-order chi connectivity index (χ0) is 19.6. The lowest BCUT2D eigenvalue weighted by Crippen LogP contribution is -2.34. The molecule has 0 saturated carbocycles. The van der Waals surface area contributed by atoms with E-state index in [2.05, 4.69) is 54.4 Å². The molecule has 0 aromatic heterocycles. The first-order valence-corrected chi connectivity index (χ1v) is 10.9. The molecule has 2 aromatic rings. The molecule has 28 heavy (non-hydrogen) atoms. The largest absolute Gasteiger partial charge is 0.494 e. The maximum absolute atomic E-state index is 6.24. The van der Waals surface area contributed by atoms with Crippen molar-refractivity contribution in [3.8, 4) is 11.5 Å². The second-order valence-electron chi connectivity index (χ2n) is 7.98. The van der Waals surface area contributed by atoms with Gasteiger partial charge in [-0.05, 0) is 88.4 Å². The topological polar surface area (TPSA) is 21.7 Å². The predicted molar refractivity (Wildman–Crippen MR) is 116 cm³/mol. The van der Waals surface area contributed by atoms with Crippen LogP contribution in [0.1, 0.15) is 43.7 Å². The number of benzene rings is 2. The van der Waals surface area contributed by atoms with E-state index in [4.69, 9.17) is 9.47 Å². The van der Waals surface area contributed by atoms with Crippen LogP contribution in [0.25, 0.3) is 0 Å². The third kappa shape index (κ3) is 6.56. The molecule has 1 heterocycles. The number of unbranched alkanes of at least 4 members (excludes halogenated alkanes) is 1. The van der Waals surface area contributed by atoms with Crippen LogP contribution < -0.4 is 9.47 Å². The fourth-order valence-electron chi connectivity index (χ4n) is 4.07. The molecule has 0 radical (unpaired) electrons. The van der Waals surface area contributed by atoms with Crippen molar-refractivity contribution in [1.29, 1.82) is 0 Å². The van der Waals surface area contributed by atoms with Crippen molar-refractivity contribution in [3.63, 3.8) is 0 Å². The van der Waals surface area contributed by atoms with Crippen LogP contribution in [0.3, 0.4) is 0 Å². The Labute approximate surface area is 170 Å². The Bertz CT molecular complexity index is 715. The molecule has 3 nitrogen and oxygen atoms in total. The second kappa shape index (κ2) is 11.1. The summed E-state index contributed by atoms with van der Waals surface area (Å²) >= 11 is 0. The van der Waals surface area contributed by atoms with Gasteiger partial charge in [-0.3, -0.25) is 0 Å². The predicted octanol–water partition coefficient (Wildman–Crippen LogP) is 5.37. The maximum atomic E-state index is 6.24. The molecule has 1 atom stereocenters. The van der Waals surface area contributed by atoms with Crippen LogP contribution in [-0.4, -0.2) is 38.3 Å². The van der Waals surface area contributed by atoms with E-state index in [0.717, 1.165) is 44.1 Å². The number of likely N-dealkylation sites (tertiary alicyclic amines) is 1. The molecule has 0 amide bonds. The van der Waals surface area contributed by atoms with Gasteiger partial charge in [0.05, 0.1) is 13.2 Å². The van der Waals surface area contributed by atoms with Gasteiger partial charge >= 0.3 is 0 Å². The summed E-state index contributed by atoms with van der Waals surface area (Å²) < 4.78 is 11.8. The van der Waals surface area contributed by atoms with E-state index in [9.17, 15) is 0 Å². The molecule has 2 aromatic carbocycles. The number of rotatable bonds is 10. The lowest BCUT2D eigenvalue weighted by atomic mass is 9.99. The van der Waals surface area contributed by atoms with Crippen LogP contribution in [-0.2, 0) is 12.8 Å². The second-order valence-corrected chi connectivity index (χ2v) is 7.98. The van der Waals surface area contributed by atoms with E-state index in [0.29, 0.717) is 5.92 Å². The van der Waals surface area contributed by atoms with Gasteiger partial charge in [0.2, 0.25) is 0 Å². The van der Waals surface area contributed by atoms with Crippen LogP contribution in [0.15, 0.2) is 48.5 Å². The zero-order valence-electron chi connectivity index (χ0n) is 17.5. The summed E-state index contributed by atoms with van der Waals surface area (Å²) in [4.78, 5) is 2.42. The van der Waals surface area contributed by atoms with Gasteiger partial charge in [0.25, 0.3) is 0 Å². The van der Waals surface area contributed by atoms with Crippen molar-refractivity contribution >= 4 is 0 Å². The third-order valence-corrected chi connectivity index (χ3v) is 5.54. The average Bonchev–Trinajstić information content (AvgIpc) is 2.71. The van der Waals surface area contributed by atoms with Gasteiger partial charge in [-0.25, -0.2) is 0 Å². The molecule has 3 rings (SSSR count). The quantitative estimate of drug-likeness (QED) is 0.516. The Hall–Kier alpha value is -2.00. The highest BCUT2D eigenvalue weighted by Crippen LogP contribution is 2.23. The average molecular weight is 382 g/mol. The minimum absolute atomic E-state index is 0.657. The standard InChI is InChI=1S/C25H35NO2/c1-3-27-24-15-8-11-21(18-24)10-4-5-13-23-14-6-7-16-25(23)28-20-22-12-9-17-26(2)19-22/h6-8,11,14-16,18,22H,3-5,9-10,12-13,17,19-20H2,1-2H3. The Morgan fingerprint density at radius 1 is 1.00 bits per heavy atom. The van der Waals surface area contributed by atoms with Crippen molar-refractivity contribution < 1.29 is 9.47 Å². The number of hydrogen-bond donors (Lipinski definition) is 0. The lowest BCUT2D eigenvalue weighted by Gasteiger charge is -2.29. The summed E-state index contributed by atoms with van der Waals surface area (Å²) in [6.45, 7) is 5.96. The molecule has 1 unspecified atom stereocenters. The van der Waals surface area contributed by atoms with Gasteiger partial charge in [0.1, 0.15) is 11.5 Å². The van der Waals surface area contributed by atoms with Gasteiger partial charge in [-0.2, -0.15) is 0 Å². The molecule has 0 bridgehead atoms. The Morgan fingerprint density at radius 3 is 2.71 bits per heavy atom. The number of para-hydroxylation sites is 1. The maximum Gasteiger partial charge on any atom is 0.122 e. The fraction of sp³-hybridized carbons (Fsp3) is 0.520. The van der Waals surface area contributed by atoms with E-state index in [-0.39, 0.29) is 0 Å². The summed E-state index contributed by atoms with van der Waals surface area (Å²) in [5.74, 6) is 2.71. The molecular formula is C25H35NO2. The van der Waals surface area contributed by atoms with Gasteiger partial charge < -0.3 is 14.4 Å². The van der Waals surface area contributed by atoms with E-state index < -0.39 is 0 Å². The Kier molecular flexibility index (Phi) is 8.23. The zero-order valence-corrected chi connectivity index (χ0v) is 17.5. The molecule has 1 aliphatic heterocycles. The van der Waals surface area contributed by atoms with Crippen LogP contribution in [0.5, 0.6) is 11.5 Å². The molecule has 1 fully saturated rings. The number of ether oxygens (including phenoxy) is 2. The van der Waals surface area contributed by atoms with Gasteiger partial charge in [0.15, 0.2) is 0 Å². The smallest absolute Gasteiger partial charge is 0.122 e. The lowest BCUT2D eigenvalue weighted by molar-refractivity contribution is 0.150. The van der Waals surface area contributed by atoms with Crippen LogP contribution in [0.2, 0.25) is 0 Å². The minimum Gasteiger partial charge on any atom is -0.494 e. The fourth-order valence-corrected chi connectivity index (χ4v) is 4.07. The first-order valence-electron chi connectivity index (χ1n) is 10.9. The summed E-state index contributed by atoms with van der Waals surface area (Å²) in [7, 11) is 2.21. The molecule has 0 spiro atoms. The van der Waals surface area contributed by atoms with Crippen molar-refractivity contribution in [1.82, 2.24) is 4.90 Å². The molecule has 0 N–H and O–H groups in total. The van der Waals surface area contributed by atoms with E-state index in [1.54, 1.807) is 0 Å². The molecule has 1 aliphatic rings. The monoisotopic (exact) mass is 381 g/mol. The van der Waals surface area contributed by atoms with Crippen LogP contribution >= 0.6 is 0 Å².